The molecule has 0 aliphatic carbocycles. The van der Waals surface area contributed by atoms with Crippen LogP contribution in [0, 0.1) is 12.7 Å². The Bertz CT molecular complexity index is 620. The molecule has 1 aromatic heterocycles. The number of ether oxygens (including phenoxy) is 1. The average molecular weight is 291 g/mol. The van der Waals surface area contributed by atoms with Crippen molar-refractivity contribution in [2.75, 3.05) is 24.2 Å². The van der Waals surface area contributed by atoms with Gasteiger partial charge in [-0.15, -0.1) is 0 Å². The molecule has 112 valence electrons. The Balaban J connectivity index is 1.96. The highest BCUT2D eigenvalue weighted by atomic mass is 19.1. The molecule has 0 bridgehead atoms. The lowest BCUT2D eigenvalue weighted by Gasteiger charge is -2.09. The summed E-state index contributed by atoms with van der Waals surface area (Å²) in [6, 6.07) is 4.95. The molecule has 1 aromatic carbocycles. The number of aromatic nitrogens is 3. The van der Waals surface area contributed by atoms with Gasteiger partial charge >= 0.3 is 6.01 Å². The zero-order valence-electron chi connectivity index (χ0n) is 12.1. The lowest BCUT2D eigenvalue weighted by molar-refractivity contribution is 0.312. The number of nitrogen functional groups attached to an aromatic ring is 1. The number of aryl methyl sites for hydroxylation is 1. The van der Waals surface area contributed by atoms with E-state index >= 15 is 0 Å². The SMILES string of the molecule is CCOc1nc(N)nc(NCCc2ccc(F)cc2C)n1. The van der Waals surface area contributed by atoms with Gasteiger partial charge in [0, 0.05) is 6.54 Å². The summed E-state index contributed by atoms with van der Waals surface area (Å²) in [6.07, 6.45) is 0.724. The fourth-order valence-electron chi connectivity index (χ4n) is 1.89. The minimum absolute atomic E-state index is 0.105. The maximum Gasteiger partial charge on any atom is 0.323 e. The van der Waals surface area contributed by atoms with Crippen LogP contribution in [0.1, 0.15) is 18.1 Å². The first-order valence-corrected chi connectivity index (χ1v) is 6.71. The third-order valence-electron chi connectivity index (χ3n) is 2.89. The van der Waals surface area contributed by atoms with Crippen molar-refractivity contribution < 1.29 is 9.13 Å². The second kappa shape index (κ2) is 6.83. The van der Waals surface area contributed by atoms with Crippen molar-refractivity contribution in [3.05, 3.63) is 35.1 Å². The quantitative estimate of drug-likeness (QED) is 0.846. The van der Waals surface area contributed by atoms with E-state index in [2.05, 4.69) is 20.3 Å². The first kappa shape index (κ1) is 15.0. The van der Waals surface area contributed by atoms with Crippen LogP contribution in [0.4, 0.5) is 16.3 Å². The van der Waals surface area contributed by atoms with Crippen molar-refractivity contribution in [2.24, 2.45) is 0 Å². The van der Waals surface area contributed by atoms with Gasteiger partial charge < -0.3 is 15.8 Å². The number of nitrogens with one attached hydrogen (secondary N) is 1. The fraction of sp³-hybridized carbons (Fsp3) is 0.357. The Morgan fingerprint density at radius 3 is 2.81 bits per heavy atom. The Labute approximate surface area is 122 Å². The Morgan fingerprint density at radius 1 is 1.29 bits per heavy atom. The summed E-state index contributed by atoms with van der Waals surface area (Å²) in [5.74, 6) is 0.246. The highest BCUT2D eigenvalue weighted by Crippen LogP contribution is 2.12. The molecule has 21 heavy (non-hydrogen) atoms. The van der Waals surface area contributed by atoms with E-state index in [0.29, 0.717) is 19.1 Å². The van der Waals surface area contributed by atoms with E-state index in [4.69, 9.17) is 10.5 Å². The molecule has 0 fully saturated rings. The van der Waals surface area contributed by atoms with Crippen molar-refractivity contribution in [3.63, 3.8) is 0 Å². The number of nitrogens with two attached hydrogens (primary N) is 1. The van der Waals surface area contributed by atoms with Crippen LogP contribution in [0.2, 0.25) is 0 Å². The van der Waals surface area contributed by atoms with E-state index in [1.165, 1.54) is 12.1 Å². The smallest absolute Gasteiger partial charge is 0.323 e. The molecule has 0 aliphatic rings. The summed E-state index contributed by atoms with van der Waals surface area (Å²) in [5.41, 5.74) is 7.57. The third-order valence-corrected chi connectivity index (χ3v) is 2.89. The van der Waals surface area contributed by atoms with Gasteiger partial charge in [0.05, 0.1) is 6.61 Å². The molecular formula is C14H18FN5O. The molecule has 1 heterocycles. The first-order chi connectivity index (χ1) is 10.1. The van der Waals surface area contributed by atoms with Crippen LogP contribution >= 0.6 is 0 Å². The molecule has 0 unspecified atom stereocenters. The van der Waals surface area contributed by atoms with Crippen LogP contribution < -0.4 is 15.8 Å². The summed E-state index contributed by atoms with van der Waals surface area (Å²) in [6.45, 7) is 4.77. The van der Waals surface area contributed by atoms with Crippen LogP contribution in [-0.4, -0.2) is 28.1 Å². The highest BCUT2D eigenvalue weighted by Gasteiger charge is 2.05. The normalized spacial score (nSPS) is 10.4. The van der Waals surface area contributed by atoms with Gasteiger partial charge in [-0.25, -0.2) is 4.39 Å². The zero-order valence-corrected chi connectivity index (χ0v) is 12.1. The summed E-state index contributed by atoms with van der Waals surface area (Å²) in [7, 11) is 0. The summed E-state index contributed by atoms with van der Waals surface area (Å²) >= 11 is 0. The molecule has 2 rings (SSSR count). The van der Waals surface area contributed by atoms with E-state index in [9.17, 15) is 4.39 Å². The van der Waals surface area contributed by atoms with Crippen LogP contribution in [-0.2, 0) is 6.42 Å². The number of anilines is 2. The van der Waals surface area contributed by atoms with Gasteiger partial charge in [0.2, 0.25) is 11.9 Å². The van der Waals surface area contributed by atoms with Gasteiger partial charge in [-0.05, 0) is 43.5 Å². The fourth-order valence-corrected chi connectivity index (χ4v) is 1.89. The second-order valence-electron chi connectivity index (χ2n) is 4.48. The number of rotatable bonds is 6. The van der Waals surface area contributed by atoms with Gasteiger partial charge in [-0.1, -0.05) is 6.07 Å². The molecule has 0 radical (unpaired) electrons. The molecule has 7 heteroatoms. The maximum atomic E-state index is 13.0. The third kappa shape index (κ3) is 4.27. The van der Waals surface area contributed by atoms with E-state index in [1.807, 2.05) is 13.8 Å². The topological polar surface area (TPSA) is 86.0 Å². The summed E-state index contributed by atoms with van der Waals surface area (Å²) in [5, 5.41) is 3.06. The zero-order chi connectivity index (χ0) is 15.2. The molecule has 0 saturated heterocycles. The largest absolute Gasteiger partial charge is 0.464 e. The predicted molar refractivity (Wildman–Crippen MR) is 78.7 cm³/mol. The second-order valence-corrected chi connectivity index (χ2v) is 4.48. The van der Waals surface area contributed by atoms with Gasteiger partial charge in [-0.2, -0.15) is 15.0 Å². The van der Waals surface area contributed by atoms with Crippen LogP contribution in [0.5, 0.6) is 6.01 Å². The van der Waals surface area contributed by atoms with E-state index in [0.717, 1.165) is 17.5 Å². The molecular weight excluding hydrogens is 273 g/mol. The highest BCUT2D eigenvalue weighted by molar-refractivity contribution is 5.33. The predicted octanol–water partition coefficient (Wildman–Crippen LogP) is 1.95. The number of nitrogens with zero attached hydrogens (tertiary/aromatic N) is 3. The number of hydrogen-bond acceptors (Lipinski definition) is 6. The average Bonchev–Trinajstić information content (AvgIpc) is 2.41. The first-order valence-electron chi connectivity index (χ1n) is 6.71. The lowest BCUT2D eigenvalue weighted by atomic mass is 10.1. The van der Waals surface area contributed by atoms with Crippen LogP contribution in [0.25, 0.3) is 0 Å². The van der Waals surface area contributed by atoms with Crippen molar-refractivity contribution in [2.45, 2.75) is 20.3 Å². The monoisotopic (exact) mass is 291 g/mol. The van der Waals surface area contributed by atoms with Crippen molar-refractivity contribution in [1.29, 1.82) is 0 Å². The molecule has 0 aliphatic heterocycles. The van der Waals surface area contributed by atoms with Crippen molar-refractivity contribution in [3.8, 4) is 6.01 Å². The molecule has 6 nitrogen and oxygen atoms in total. The molecule has 3 N–H and O–H groups in total. The molecule has 0 spiro atoms. The van der Waals surface area contributed by atoms with E-state index in [-0.39, 0.29) is 17.8 Å². The van der Waals surface area contributed by atoms with Gasteiger partial charge in [0.15, 0.2) is 0 Å². The molecule has 0 saturated carbocycles. The molecule has 0 atom stereocenters. The minimum Gasteiger partial charge on any atom is -0.464 e. The maximum absolute atomic E-state index is 13.0. The van der Waals surface area contributed by atoms with Gasteiger partial charge in [0.25, 0.3) is 0 Å². The molecule has 0 amide bonds. The number of benzene rings is 1. The number of hydrogen-bond donors (Lipinski definition) is 2. The Kier molecular flexibility index (Phi) is 4.86. The van der Waals surface area contributed by atoms with Gasteiger partial charge in [-0.3, -0.25) is 0 Å². The Morgan fingerprint density at radius 2 is 2.10 bits per heavy atom. The van der Waals surface area contributed by atoms with Crippen LogP contribution in [0.3, 0.4) is 0 Å². The van der Waals surface area contributed by atoms with Crippen LogP contribution in [0.15, 0.2) is 18.2 Å². The number of halogens is 1. The Hall–Kier alpha value is -2.44. The summed E-state index contributed by atoms with van der Waals surface area (Å²) in [4.78, 5) is 11.9. The van der Waals surface area contributed by atoms with Gasteiger partial charge in [0.1, 0.15) is 5.82 Å². The summed E-state index contributed by atoms with van der Waals surface area (Å²) < 4.78 is 18.2. The standard InChI is InChI=1S/C14H18FN5O/c1-3-21-14-19-12(16)18-13(20-14)17-7-6-10-4-5-11(15)8-9(10)2/h4-5,8H,3,6-7H2,1-2H3,(H3,16,17,18,19,20). The minimum atomic E-state index is -0.226. The van der Waals surface area contributed by atoms with Crippen molar-refractivity contribution in [1.82, 2.24) is 15.0 Å². The lowest BCUT2D eigenvalue weighted by Crippen LogP contribution is -2.12. The van der Waals surface area contributed by atoms with E-state index < -0.39 is 0 Å². The van der Waals surface area contributed by atoms with Crippen molar-refractivity contribution >= 4 is 11.9 Å². The molecule has 2 aromatic rings. The van der Waals surface area contributed by atoms with E-state index in [1.54, 1.807) is 6.07 Å².